The Kier molecular flexibility index (Phi) is 5.33. The predicted molar refractivity (Wildman–Crippen MR) is 103 cm³/mol. The molecule has 28 heavy (non-hydrogen) atoms. The lowest BCUT2D eigenvalue weighted by atomic mass is 9.74. The van der Waals surface area contributed by atoms with Gasteiger partial charge >= 0.3 is 0 Å². The van der Waals surface area contributed by atoms with E-state index in [-0.39, 0.29) is 35.5 Å². The van der Waals surface area contributed by atoms with Gasteiger partial charge in [0.1, 0.15) is 6.04 Å². The first-order valence-corrected chi connectivity index (χ1v) is 10.4. The van der Waals surface area contributed by atoms with E-state index in [1.165, 1.54) is 18.6 Å². The number of nitro groups is 1. The molecule has 1 heterocycles. The number of likely N-dealkylation sites (tertiary alicyclic amines) is 1. The Hall–Kier alpha value is -2.44. The number of amides is 2. The molecule has 0 bridgehead atoms. The van der Waals surface area contributed by atoms with Gasteiger partial charge in [-0.1, -0.05) is 32.1 Å². The van der Waals surface area contributed by atoms with E-state index in [1.54, 1.807) is 17.0 Å². The molecule has 7 nitrogen and oxygen atoms in total. The lowest BCUT2D eigenvalue weighted by Crippen LogP contribution is -2.65. The average Bonchev–Trinajstić information content (AvgIpc) is 2.72. The van der Waals surface area contributed by atoms with Crippen LogP contribution >= 0.6 is 0 Å². The number of nitro benzene ring substituents is 1. The van der Waals surface area contributed by atoms with Crippen molar-refractivity contribution >= 4 is 17.5 Å². The lowest BCUT2D eigenvalue weighted by Gasteiger charge is -2.53. The van der Waals surface area contributed by atoms with Gasteiger partial charge in [0, 0.05) is 24.2 Å². The maximum absolute atomic E-state index is 13.2. The third kappa shape index (κ3) is 3.50. The zero-order valence-corrected chi connectivity index (χ0v) is 16.0. The van der Waals surface area contributed by atoms with Crippen LogP contribution in [0.15, 0.2) is 24.3 Å². The largest absolute Gasteiger partial charge is 0.351 e. The van der Waals surface area contributed by atoms with Crippen LogP contribution in [-0.4, -0.2) is 33.7 Å². The molecule has 1 aromatic rings. The topological polar surface area (TPSA) is 92.5 Å². The van der Waals surface area contributed by atoms with Crippen molar-refractivity contribution in [2.24, 2.45) is 5.92 Å². The van der Waals surface area contributed by atoms with Gasteiger partial charge in [0.05, 0.1) is 10.8 Å². The van der Waals surface area contributed by atoms with E-state index in [2.05, 4.69) is 5.32 Å². The zero-order valence-electron chi connectivity index (χ0n) is 16.0. The number of nitrogens with one attached hydrogen (secondary N) is 1. The highest BCUT2D eigenvalue weighted by Crippen LogP contribution is 2.43. The Labute approximate surface area is 164 Å². The number of rotatable bonds is 5. The summed E-state index contributed by atoms with van der Waals surface area (Å²) in [4.78, 5) is 38.3. The van der Waals surface area contributed by atoms with Crippen LogP contribution in [0.2, 0.25) is 0 Å². The molecule has 1 saturated heterocycles. The molecule has 3 fully saturated rings. The molecule has 150 valence electrons. The third-order valence-electron chi connectivity index (χ3n) is 6.56. The van der Waals surface area contributed by atoms with E-state index >= 15 is 0 Å². The van der Waals surface area contributed by atoms with Crippen molar-refractivity contribution in [2.45, 2.75) is 75.9 Å². The van der Waals surface area contributed by atoms with E-state index < -0.39 is 11.0 Å². The summed E-state index contributed by atoms with van der Waals surface area (Å²) in [5.74, 6) is -0.0678. The summed E-state index contributed by atoms with van der Waals surface area (Å²) < 4.78 is 0. The molecule has 0 radical (unpaired) electrons. The fourth-order valence-corrected chi connectivity index (χ4v) is 5.07. The van der Waals surface area contributed by atoms with Crippen LogP contribution < -0.4 is 5.32 Å². The molecule has 3 aliphatic rings. The van der Waals surface area contributed by atoms with Gasteiger partial charge in [-0.15, -0.1) is 0 Å². The molecule has 0 aromatic heterocycles. The summed E-state index contributed by atoms with van der Waals surface area (Å²) in [6, 6.07) is 5.63. The third-order valence-corrected chi connectivity index (χ3v) is 6.56. The smallest absolute Gasteiger partial charge is 0.269 e. The molecule has 4 rings (SSSR count). The molecule has 1 unspecified atom stereocenters. The number of β-lactam (4-membered cyclic amide) rings is 1. The first-order chi connectivity index (χ1) is 13.6. The van der Waals surface area contributed by atoms with Crippen LogP contribution in [0.1, 0.15) is 69.4 Å². The van der Waals surface area contributed by atoms with E-state index in [0.717, 1.165) is 51.4 Å². The summed E-state index contributed by atoms with van der Waals surface area (Å²) in [6.45, 7) is 0. The first-order valence-electron chi connectivity index (χ1n) is 10.4. The maximum Gasteiger partial charge on any atom is 0.269 e. The summed E-state index contributed by atoms with van der Waals surface area (Å²) >= 11 is 0. The Morgan fingerprint density at radius 3 is 2.36 bits per heavy atom. The molecular formula is C21H27N3O4. The number of fused-ring (bicyclic) bond motifs is 1. The van der Waals surface area contributed by atoms with Gasteiger partial charge in [-0.2, -0.15) is 0 Å². The van der Waals surface area contributed by atoms with Crippen LogP contribution in [0.25, 0.3) is 0 Å². The SMILES string of the molecule is O=C(NC1CCCCC1)C(c1ccc([N+](=O)[O-])cc1)N1C(=O)[C@@H]2CCCC[C@@H]21. The fraction of sp³-hybridized carbons (Fsp3) is 0.619. The maximum atomic E-state index is 13.2. The molecule has 0 spiro atoms. The molecule has 7 heteroatoms. The summed E-state index contributed by atoms with van der Waals surface area (Å²) in [5.41, 5.74) is 0.636. The molecule has 2 aliphatic carbocycles. The van der Waals surface area contributed by atoms with E-state index in [0.29, 0.717) is 5.56 Å². The highest BCUT2D eigenvalue weighted by Gasteiger charge is 2.52. The molecule has 2 amide bonds. The van der Waals surface area contributed by atoms with Crippen LogP contribution in [-0.2, 0) is 9.59 Å². The van der Waals surface area contributed by atoms with Crippen molar-refractivity contribution in [1.82, 2.24) is 10.2 Å². The van der Waals surface area contributed by atoms with E-state index in [9.17, 15) is 19.7 Å². The Morgan fingerprint density at radius 1 is 1.04 bits per heavy atom. The van der Waals surface area contributed by atoms with Gasteiger partial charge < -0.3 is 10.2 Å². The zero-order chi connectivity index (χ0) is 19.7. The molecule has 1 N–H and O–H groups in total. The van der Waals surface area contributed by atoms with Crippen molar-refractivity contribution in [3.63, 3.8) is 0 Å². The van der Waals surface area contributed by atoms with E-state index in [4.69, 9.17) is 0 Å². The normalized spacial score (nSPS) is 26.1. The van der Waals surface area contributed by atoms with Crippen LogP contribution in [0.3, 0.4) is 0 Å². The van der Waals surface area contributed by atoms with Crippen LogP contribution in [0.4, 0.5) is 5.69 Å². The number of hydrogen-bond donors (Lipinski definition) is 1. The quantitative estimate of drug-likeness (QED) is 0.477. The highest BCUT2D eigenvalue weighted by atomic mass is 16.6. The van der Waals surface area contributed by atoms with Crippen molar-refractivity contribution in [2.75, 3.05) is 0 Å². The van der Waals surface area contributed by atoms with Gasteiger partial charge in [0.15, 0.2) is 0 Å². The molecule has 3 atom stereocenters. The highest BCUT2D eigenvalue weighted by molar-refractivity contribution is 5.93. The first kappa shape index (κ1) is 18.9. The Morgan fingerprint density at radius 2 is 1.68 bits per heavy atom. The van der Waals surface area contributed by atoms with Gasteiger partial charge in [-0.05, 0) is 43.4 Å². The minimum Gasteiger partial charge on any atom is -0.351 e. The van der Waals surface area contributed by atoms with Crippen molar-refractivity contribution in [3.05, 3.63) is 39.9 Å². The van der Waals surface area contributed by atoms with Gasteiger partial charge in [-0.25, -0.2) is 0 Å². The number of benzene rings is 1. The van der Waals surface area contributed by atoms with E-state index in [1.807, 2.05) is 0 Å². The lowest BCUT2D eigenvalue weighted by molar-refractivity contribution is -0.384. The summed E-state index contributed by atoms with van der Waals surface area (Å²) in [5, 5.41) is 14.1. The molecule has 1 aliphatic heterocycles. The number of carbonyl (C=O) groups is 2. The van der Waals surface area contributed by atoms with Crippen LogP contribution in [0, 0.1) is 16.0 Å². The monoisotopic (exact) mass is 385 g/mol. The van der Waals surface area contributed by atoms with Gasteiger partial charge in [-0.3, -0.25) is 19.7 Å². The molecule has 1 aromatic carbocycles. The number of nitrogens with zero attached hydrogens (tertiary/aromatic N) is 2. The number of carbonyl (C=O) groups excluding carboxylic acids is 2. The van der Waals surface area contributed by atoms with Gasteiger partial charge in [0.2, 0.25) is 11.8 Å². The average molecular weight is 385 g/mol. The number of hydrogen-bond acceptors (Lipinski definition) is 4. The second-order valence-corrected chi connectivity index (χ2v) is 8.30. The molecular weight excluding hydrogens is 358 g/mol. The van der Waals surface area contributed by atoms with Crippen LogP contribution in [0.5, 0.6) is 0 Å². The summed E-state index contributed by atoms with van der Waals surface area (Å²) in [6.07, 6.45) is 9.33. The number of non-ortho nitro benzene ring substituents is 1. The Balaban J connectivity index is 1.59. The standard InChI is InChI=1S/C21H27N3O4/c25-20(22-15-6-2-1-3-7-15)19(14-10-12-16(13-11-14)24(27)28)23-18-9-5-4-8-17(18)21(23)26/h10-13,15,17-19H,1-9H2,(H,22,25)/t17-,18+,19?/m1/s1. The van der Waals surface area contributed by atoms with Crippen molar-refractivity contribution < 1.29 is 14.5 Å². The van der Waals surface area contributed by atoms with Crippen molar-refractivity contribution in [1.29, 1.82) is 0 Å². The minimum atomic E-state index is -0.699. The Bertz CT molecular complexity index is 757. The fourth-order valence-electron chi connectivity index (χ4n) is 5.07. The second-order valence-electron chi connectivity index (χ2n) is 8.30. The minimum absolute atomic E-state index is 0.0133. The van der Waals surface area contributed by atoms with Gasteiger partial charge in [0.25, 0.3) is 5.69 Å². The second kappa shape index (κ2) is 7.89. The summed E-state index contributed by atoms with van der Waals surface area (Å²) in [7, 11) is 0. The predicted octanol–water partition coefficient (Wildman–Crippen LogP) is 3.49. The molecule has 2 saturated carbocycles. The van der Waals surface area contributed by atoms with Crippen molar-refractivity contribution in [3.8, 4) is 0 Å².